The van der Waals surface area contributed by atoms with Gasteiger partial charge in [-0.2, -0.15) is 0 Å². The SMILES string of the molecule is CCCN(CC)CCC(NC)c1ccc(C)cc1. The van der Waals surface area contributed by atoms with Crippen LogP contribution in [0.3, 0.4) is 0 Å². The molecule has 0 bridgehead atoms. The molecule has 2 heteroatoms. The minimum atomic E-state index is 0.469. The van der Waals surface area contributed by atoms with E-state index in [0.717, 1.165) is 6.54 Å². The average Bonchev–Trinajstić information content (AvgIpc) is 2.40. The minimum Gasteiger partial charge on any atom is -0.313 e. The summed E-state index contributed by atoms with van der Waals surface area (Å²) >= 11 is 0. The Bertz CT molecular complexity index is 318. The smallest absolute Gasteiger partial charge is 0.0329 e. The molecule has 18 heavy (non-hydrogen) atoms. The van der Waals surface area contributed by atoms with Crippen molar-refractivity contribution in [1.82, 2.24) is 10.2 Å². The summed E-state index contributed by atoms with van der Waals surface area (Å²) in [6.07, 6.45) is 2.41. The summed E-state index contributed by atoms with van der Waals surface area (Å²) < 4.78 is 0. The van der Waals surface area contributed by atoms with E-state index in [9.17, 15) is 0 Å². The van der Waals surface area contributed by atoms with Crippen LogP contribution in [0.5, 0.6) is 0 Å². The number of nitrogens with one attached hydrogen (secondary N) is 1. The van der Waals surface area contributed by atoms with Crippen molar-refractivity contribution < 1.29 is 0 Å². The summed E-state index contributed by atoms with van der Waals surface area (Å²) in [4.78, 5) is 2.53. The van der Waals surface area contributed by atoms with Crippen molar-refractivity contribution in [2.24, 2.45) is 0 Å². The summed E-state index contributed by atoms with van der Waals surface area (Å²) in [6, 6.07) is 9.35. The number of hydrogen-bond acceptors (Lipinski definition) is 2. The quantitative estimate of drug-likeness (QED) is 0.759. The van der Waals surface area contributed by atoms with Gasteiger partial charge in [0.1, 0.15) is 0 Å². The molecule has 0 spiro atoms. The van der Waals surface area contributed by atoms with Crippen LogP contribution in [0.15, 0.2) is 24.3 Å². The zero-order valence-electron chi connectivity index (χ0n) is 12.4. The van der Waals surface area contributed by atoms with Crippen LogP contribution in [0, 0.1) is 6.92 Å². The van der Waals surface area contributed by atoms with Crippen LogP contribution in [0.4, 0.5) is 0 Å². The van der Waals surface area contributed by atoms with Crippen LogP contribution in [0.1, 0.15) is 43.9 Å². The van der Waals surface area contributed by atoms with Gasteiger partial charge in [-0.1, -0.05) is 43.7 Å². The molecule has 0 radical (unpaired) electrons. The number of aryl methyl sites for hydroxylation is 1. The van der Waals surface area contributed by atoms with Gasteiger partial charge in [0.2, 0.25) is 0 Å². The standard InChI is InChI=1S/C16H28N2/c1-5-12-18(6-2)13-11-16(17-4)15-9-7-14(3)8-10-15/h7-10,16-17H,5-6,11-13H2,1-4H3. The van der Waals surface area contributed by atoms with Gasteiger partial charge in [-0.25, -0.2) is 0 Å². The Morgan fingerprint density at radius 1 is 1.11 bits per heavy atom. The van der Waals surface area contributed by atoms with Crippen LogP contribution in [-0.2, 0) is 0 Å². The second kappa shape index (κ2) is 8.28. The van der Waals surface area contributed by atoms with E-state index in [0.29, 0.717) is 6.04 Å². The third kappa shape index (κ3) is 4.79. The van der Waals surface area contributed by atoms with E-state index in [-0.39, 0.29) is 0 Å². The normalized spacial score (nSPS) is 12.9. The number of rotatable bonds is 8. The van der Waals surface area contributed by atoms with E-state index in [1.807, 2.05) is 0 Å². The highest BCUT2D eigenvalue weighted by molar-refractivity contribution is 5.24. The molecule has 1 aromatic carbocycles. The molecular weight excluding hydrogens is 220 g/mol. The van der Waals surface area contributed by atoms with Gasteiger partial charge < -0.3 is 10.2 Å². The number of hydrogen-bond donors (Lipinski definition) is 1. The first-order chi connectivity index (χ1) is 8.71. The van der Waals surface area contributed by atoms with Crippen LogP contribution in [0.2, 0.25) is 0 Å². The molecule has 1 rings (SSSR count). The van der Waals surface area contributed by atoms with Gasteiger partial charge >= 0.3 is 0 Å². The highest BCUT2D eigenvalue weighted by Crippen LogP contribution is 2.17. The Kier molecular flexibility index (Phi) is 6.99. The molecule has 0 heterocycles. The van der Waals surface area contributed by atoms with Gasteiger partial charge in [-0.3, -0.25) is 0 Å². The highest BCUT2D eigenvalue weighted by atomic mass is 15.1. The molecule has 1 atom stereocenters. The minimum absolute atomic E-state index is 0.469. The summed E-state index contributed by atoms with van der Waals surface area (Å²) in [5.74, 6) is 0. The lowest BCUT2D eigenvalue weighted by Gasteiger charge is -2.23. The molecular formula is C16H28N2. The summed E-state index contributed by atoms with van der Waals surface area (Å²) in [5, 5.41) is 3.43. The molecule has 2 nitrogen and oxygen atoms in total. The lowest BCUT2D eigenvalue weighted by molar-refractivity contribution is 0.271. The lowest BCUT2D eigenvalue weighted by atomic mass is 10.0. The van der Waals surface area contributed by atoms with Gasteiger partial charge in [0, 0.05) is 6.04 Å². The Hall–Kier alpha value is -0.860. The van der Waals surface area contributed by atoms with E-state index in [4.69, 9.17) is 0 Å². The Balaban J connectivity index is 2.53. The fraction of sp³-hybridized carbons (Fsp3) is 0.625. The van der Waals surface area contributed by atoms with E-state index >= 15 is 0 Å². The Labute approximate surface area is 112 Å². The maximum atomic E-state index is 3.43. The van der Waals surface area contributed by atoms with Crippen LogP contribution in [-0.4, -0.2) is 31.6 Å². The Morgan fingerprint density at radius 2 is 1.78 bits per heavy atom. The molecule has 1 N–H and O–H groups in total. The molecule has 0 amide bonds. The third-order valence-electron chi connectivity index (χ3n) is 3.55. The van der Waals surface area contributed by atoms with Crippen molar-refractivity contribution in [2.45, 2.75) is 39.7 Å². The molecule has 0 saturated carbocycles. The first-order valence-corrected chi connectivity index (χ1v) is 7.17. The van der Waals surface area contributed by atoms with E-state index in [2.05, 4.69) is 62.3 Å². The first kappa shape index (κ1) is 15.2. The molecule has 102 valence electrons. The largest absolute Gasteiger partial charge is 0.313 e. The molecule has 1 aromatic rings. The monoisotopic (exact) mass is 248 g/mol. The van der Waals surface area contributed by atoms with Crippen molar-refractivity contribution in [3.8, 4) is 0 Å². The van der Waals surface area contributed by atoms with Crippen molar-refractivity contribution in [3.63, 3.8) is 0 Å². The van der Waals surface area contributed by atoms with Crippen LogP contribution in [0.25, 0.3) is 0 Å². The highest BCUT2D eigenvalue weighted by Gasteiger charge is 2.10. The summed E-state index contributed by atoms with van der Waals surface area (Å²) in [7, 11) is 2.06. The van der Waals surface area contributed by atoms with Crippen molar-refractivity contribution >= 4 is 0 Å². The number of nitrogens with zero attached hydrogens (tertiary/aromatic N) is 1. The van der Waals surface area contributed by atoms with Crippen molar-refractivity contribution in [1.29, 1.82) is 0 Å². The maximum Gasteiger partial charge on any atom is 0.0329 e. The fourth-order valence-corrected chi connectivity index (χ4v) is 2.33. The maximum absolute atomic E-state index is 3.43. The topological polar surface area (TPSA) is 15.3 Å². The molecule has 1 unspecified atom stereocenters. The molecule has 0 fully saturated rings. The molecule has 0 saturated heterocycles. The van der Waals surface area contributed by atoms with Crippen molar-refractivity contribution in [3.05, 3.63) is 35.4 Å². The van der Waals surface area contributed by atoms with E-state index < -0.39 is 0 Å². The first-order valence-electron chi connectivity index (χ1n) is 7.17. The molecule has 0 aliphatic rings. The van der Waals surface area contributed by atoms with Crippen molar-refractivity contribution in [2.75, 3.05) is 26.7 Å². The van der Waals surface area contributed by atoms with Gasteiger partial charge in [-0.15, -0.1) is 0 Å². The average molecular weight is 248 g/mol. The van der Waals surface area contributed by atoms with Gasteiger partial charge in [0.05, 0.1) is 0 Å². The number of benzene rings is 1. The predicted octanol–water partition coefficient (Wildman–Crippen LogP) is 3.38. The van der Waals surface area contributed by atoms with E-state index in [1.54, 1.807) is 0 Å². The summed E-state index contributed by atoms with van der Waals surface area (Å²) in [5.41, 5.74) is 2.73. The van der Waals surface area contributed by atoms with Gasteiger partial charge in [-0.05, 0) is 52.0 Å². The predicted molar refractivity (Wildman–Crippen MR) is 80.0 cm³/mol. The zero-order chi connectivity index (χ0) is 13.4. The van der Waals surface area contributed by atoms with Gasteiger partial charge in [0.25, 0.3) is 0 Å². The second-order valence-electron chi connectivity index (χ2n) is 4.97. The Morgan fingerprint density at radius 3 is 2.28 bits per heavy atom. The van der Waals surface area contributed by atoms with E-state index in [1.165, 1.54) is 37.1 Å². The lowest BCUT2D eigenvalue weighted by Crippen LogP contribution is -2.29. The zero-order valence-corrected chi connectivity index (χ0v) is 12.4. The molecule has 0 aromatic heterocycles. The third-order valence-corrected chi connectivity index (χ3v) is 3.55. The summed E-state index contributed by atoms with van der Waals surface area (Å²) in [6.45, 7) is 10.2. The van der Waals surface area contributed by atoms with Crippen LogP contribution < -0.4 is 5.32 Å². The molecule has 0 aliphatic heterocycles. The molecule has 0 aliphatic carbocycles. The van der Waals surface area contributed by atoms with Gasteiger partial charge in [0.15, 0.2) is 0 Å². The fourth-order valence-electron chi connectivity index (χ4n) is 2.33. The van der Waals surface area contributed by atoms with Crippen LogP contribution >= 0.6 is 0 Å². The second-order valence-corrected chi connectivity index (χ2v) is 4.97.